The van der Waals surface area contributed by atoms with Crippen molar-refractivity contribution in [3.63, 3.8) is 0 Å². The molecule has 212 valence electrons. The Labute approximate surface area is 258 Å². The van der Waals surface area contributed by atoms with Gasteiger partial charge < -0.3 is 5.73 Å². The highest BCUT2D eigenvalue weighted by Gasteiger charge is 2.46. The molecule has 0 radical (unpaired) electrons. The van der Waals surface area contributed by atoms with Gasteiger partial charge in [-0.05, 0) is 36.0 Å². The number of Topliss-reactive ketones (excluding diaryl/α,β-unsaturated/α-hetero) is 1. The van der Waals surface area contributed by atoms with E-state index in [0.717, 1.165) is 11.4 Å². The van der Waals surface area contributed by atoms with Crippen molar-refractivity contribution in [1.29, 1.82) is 5.26 Å². The Morgan fingerprint density at radius 1 is 1.24 bits per heavy atom. The van der Waals surface area contributed by atoms with Gasteiger partial charge in [-0.3, -0.25) is 19.8 Å². The number of halogens is 2. The van der Waals surface area contributed by atoms with E-state index in [1.807, 2.05) is 20.8 Å². The van der Waals surface area contributed by atoms with Crippen LogP contribution in [0.5, 0.6) is 0 Å². The van der Waals surface area contributed by atoms with Crippen LogP contribution in [0, 0.1) is 16.7 Å². The van der Waals surface area contributed by atoms with Gasteiger partial charge >= 0.3 is 0 Å². The summed E-state index contributed by atoms with van der Waals surface area (Å²) in [4.78, 5) is 27.8. The number of benzene rings is 1. The van der Waals surface area contributed by atoms with Gasteiger partial charge in [0.05, 0.1) is 23.3 Å². The zero-order valence-corrected chi connectivity index (χ0v) is 26.2. The van der Waals surface area contributed by atoms with Gasteiger partial charge in [-0.25, -0.2) is 0 Å². The summed E-state index contributed by atoms with van der Waals surface area (Å²) in [5.41, 5.74) is 8.21. The van der Waals surface area contributed by atoms with Gasteiger partial charge in [-0.15, -0.1) is 20.4 Å². The van der Waals surface area contributed by atoms with Crippen LogP contribution in [0.15, 0.2) is 45.2 Å². The van der Waals surface area contributed by atoms with Gasteiger partial charge in [-0.1, -0.05) is 84.5 Å². The monoisotopic (exact) mass is 646 g/mol. The second kappa shape index (κ2) is 11.7. The van der Waals surface area contributed by atoms with Gasteiger partial charge in [-0.2, -0.15) is 5.26 Å². The van der Waals surface area contributed by atoms with Crippen LogP contribution < -0.4 is 16.0 Å². The number of carbonyl (C=O) groups excluding carboxylic acids is 2. The molecule has 0 bridgehead atoms. The highest BCUT2D eigenvalue weighted by molar-refractivity contribution is 8.01. The summed E-state index contributed by atoms with van der Waals surface area (Å²) in [6.45, 7) is 5.99. The number of nitriles is 1. The second-order valence-electron chi connectivity index (χ2n) is 10.2. The van der Waals surface area contributed by atoms with E-state index in [1.165, 1.54) is 34.4 Å². The first-order valence-electron chi connectivity index (χ1n) is 12.5. The molecule has 0 saturated carbocycles. The van der Waals surface area contributed by atoms with Crippen molar-refractivity contribution in [2.75, 3.05) is 16.0 Å². The number of nitrogens with two attached hydrogens (primary N) is 1. The van der Waals surface area contributed by atoms with E-state index in [1.54, 1.807) is 23.1 Å². The number of hydrogen-bond donors (Lipinski definition) is 2. The van der Waals surface area contributed by atoms with Crippen molar-refractivity contribution in [2.45, 2.75) is 50.3 Å². The number of amides is 1. The predicted molar refractivity (Wildman–Crippen MR) is 162 cm³/mol. The van der Waals surface area contributed by atoms with Crippen molar-refractivity contribution in [3.8, 4) is 6.07 Å². The summed E-state index contributed by atoms with van der Waals surface area (Å²) in [7, 11) is 0. The predicted octanol–water partition coefficient (Wildman–Crippen LogP) is 5.93. The maximum absolute atomic E-state index is 13.7. The molecule has 5 rings (SSSR count). The number of nitrogens with one attached hydrogen (secondary N) is 1. The summed E-state index contributed by atoms with van der Waals surface area (Å²) in [5, 5.41) is 32.0. The number of hydrogen-bond acceptors (Lipinski definition) is 12. The van der Waals surface area contributed by atoms with Crippen LogP contribution in [0.3, 0.4) is 0 Å². The smallest absolute Gasteiger partial charge is 0.236 e. The van der Waals surface area contributed by atoms with Crippen molar-refractivity contribution < 1.29 is 9.59 Å². The van der Waals surface area contributed by atoms with Crippen LogP contribution >= 0.6 is 57.6 Å². The standard InChI is InChI=1S/C26H24Cl2N8O2S3/c1-4-19-32-33-23(40-19)31-18(38)11-39-25-35-34-24(41-25)36-16-8-26(2,3)9-17(37)21(16)20(14(10-29)22(36)30)13-6-5-12(27)7-15(13)28/h5-7,20H,4,8-9,11,30H2,1-3H3,(H,31,33,38). The molecule has 0 saturated heterocycles. The molecule has 10 nitrogen and oxygen atoms in total. The lowest BCUT2D eigenvalue weighted by Crippen LogP contribution is -2.42. The number of rotatable bonds is 7. The van der Waals surface area contributed by atoms with E-state index in [4.69, 9.17) is 28.9 Å². The highest BCUT2D eigenvalue weighted by Crippen LogP contribution is 2.51. The zero-order valence-electron chi connectivity index (χ0n) is 22.2. The largest absolute Gasteiger partial charge is 0.384 e. The lowest BCUT2D eigenvalue weighted by molar-refractivity contribution is -0.118. The Bertz CT molecular complexity index is 1660. The van der Waals surface area contributed by atoms with Crippen LogP contribution in [0.25, 0.3) is 0 Å². The quantitative estimate of drug-likeness (QED) is 0.295. The topological polar surface area (TPSA) is 151 Å². The van der Waals surface area contributed by atoms with E-state index in [0.29, 0.717) is 54.3 Å². The average molecular weight is 648 g/mol. The molecule has 3 aromatic rings. The summed E-state index contributed by atoms with van der Waals surface area (Å²) >= 11 is 16.5. The normalized spacial score (nSPS) is 18.4. The average Bonchev–Trinajstić information content (AvgIpc) is 3.56. The number of aromatic nitrogens is 4. The molecule has 3 N–H and O–H groups in total. The molecule has 2 aromatic heterocycles. The zero-order chi connectivity index (χ0) is 29.5. The number of nitrogens with zero attached hydrogens (tertiary/aromatic N) is 6. The van der Waals surface area contributed by atoms with Crippen LogP contribution in [-0.2, 0) is 16.0 Å². The Morgan fingerprint density at radius 2 is 2.02 bits per heavy atom. The molecule has 3 heterocycles. The summed E-state index contributed by atoms with van der Waals surface area (Å²) in [6.07, 6.45) is 1.56. The molecule has 1 aliphatic heterocycles. The molecule has 1 amide bonds. The molecule has 1 atom stereocenters. The Hall–Kier alpha value is -3.02. The van der Waals surface area contributed by atoms with E-state index in [9.17, 15) is 14.9 Å². The molecule has 41 heavy (non-hydrogen) atoms. The highest BCUT2D eigenvalue weighted by atomic mass is 35.5. The summed E-state index contributed by atoms with van der Waals surface area (Å²) in [5.74, 6) is -0.834. The number of thioether (sulfide) groups is 1. The number of aryl methyl sites for hydroxylation is 1. The number of allylic oxidation sites excluding steroid dienone is 3. The second-order valence-corrected chi connectivity index (χ2v) is 14.3. The molecule has 1 aliphatic carbocycles. The van der Waals surface area contributed by atoms with Crippen molar-refractivity contribution in [2.24, 2.45) is 11.1 Å². The van der Waals surface area contributed by atoms with Crippen molar-refractivity contribution in [1.82, 2.24) is 20.4 Å². The van der Waals surface area contributed by atoms with Gasteiger partial charge in [0.1, 0.15) is 10.8 Å². The summed E-state index contributed by atoms with van der Waals surface area (Å²) in [6, 6.07) is 7.21. The molecular formula is C26H24Cl2N8O2S3. The minimum absolute atomic E-state index is 0.0844. The minimum atomic E-state index is -0.737. The minimum Gasteiger partial charge on any atom is -0.384 e. The molecule has 1 aromatic carbocycles. The van der Waals surface area contributed by atoms with Crippen molar-refractivity contribution >= 4 is 79.6 Å². The maximum Gasteiger partial charge on any atom is 0.236 e. The molecule has 0 spiro atoms. The Balaban J connectivity index is 1.47. The van der Waals surface area contributed by atoms with E-state index >= 15 is 0 Å². The van der Waals surface area contributed by atoms with Gasteiger partial charge in [0.15, 0.2) is 10.1 Å². The fraction of sp³-hybridized carbons (Fsp3) is 0.346. The molecule has 1 unspecified atom stereocenters. The first kappa shape index (κ1) is 29.5. The lowest BCUT2D eigenvalue weighted by Gasteiger charge is -2.42. The van der Waals surface area contributed by atoms with E-state index in [2.05, 4.69) is 31.8 Å². The molecule has 2 aliphatic rings. The number of carbonyl (C=O) groups is 2. The third kappa shape index (κ3) is 5.98. The third-order valence-corrected chi connectivity index (χ3v) is 10.2. The van der Waals surface area contributed by atoms with Crippen LogP contribution in [0.1, 0.15) is 50.1 Å². The van der Waals surface area contributed by atoms with Gasteiger partial charge in [0.2, 0.25) is 16.2 Å². The Kier molecular flexibility index (Phi) is 8.41. The molecule has 15 heteroatoms. The van der Waals surface area contributed by atoms with E-state index < -0.39 is 5.92 Å². The molecular weight excluding hydrogens is 623 g/mol. The fourth-order valence-corrected chi connectivity index (χ4v) is 7.75. The van der Waals surface area contributed by atoms with Crippen LogP contribution in [0.4, 0.5) is 10.3 Å². The Morgan fingerprint density at radius 3 is 2.71 bits per heavy atom. The van der Waals surface area contributed by atoms with Gasteiger partial charge in [0.25, 0.3) is 0 Å². The van der Waals surface area contributed by atoms with Gasteiger partial charge in [0, 0.05) is 27.7 Å². The lowest BCUT2D eigenvalue weighted by atomic mass is 9.68. The SMILES string of the molecule is CCc1nnc(NC(=O)CSc2nnc(N3C(N)=C(C#N)C(c4ccc(Cl)cc4Cl)C4=C3CC(C)(C)CC4=O)s2)s1. The summed E-state index contributed by atoms with van der Waals surface area (Å²) < 4.78 is 0.527. The van der Waals surface area contributed by atoms with Crippen LogP contribution in [-0.4, -0.2) is 37.8 Å². The maximum atomic E-state index is 13.7. The molecule has 0 fully saturated rings. The number of ketones is 1. The number of anilines is 2. The van der Waals surface area contributed by atoms with Crippen molar-refractivity contribution in [3.05, 3.63) is 61.5 Å². The van der Waals surface area contributed by atoms with Crippen LogP contribution in [0.2, 0.25) is 10.0 Å². The first-order valence-corrected chi connectivity index (χ1v) is 15.9. The van der Waals surface area contributed by atoms with E-state index in [-0.39, 0.29) is 34.3 Å². The fourth-order valence-electron chi connectivity index (χ4n) is 4.85. The third-order valence-electron chi connectivity index (χ3n) is 6.58. The first-order chi connectivity index (χ1) is 19.5.